The number of thioether (sulfide) groups is 1. The van der Waals surface area contributed by atoms with Gasteiger partial charge in [0.1, 0.15) is 0 Å². The van der Waals surface area contributed by atoms with Crippen LogP contribution in [0, 0.1) is 0 Å². The van der Waals surface area contributed by atoms with Crippen LogP contribution < -0.4 is 5.73 Å². The van der Waals surface area contributed by atoms with E-state index in [-0.39, 0.29) is 6.04 Å². The van der Waals surface area contributed by atoms with Crippen molar-refractivity contribution in [3.05, 3.63) is 29.8 Å². The molecule has 0 aliphatic carbocycles. The van der Waals surface area contributed by atoms with Gasteiger partial charge in [0.05, 0.1) is 11.0 Å². The average molecular weight is 294 g/mol. The molecule has 2 N–H and O–H groups in total. The molecule has 0 spiro atoms. The van der Waals surface area contributed by atoms with Crippen molar-refractivity contribution < 1.29 is 0 Å². The van der Waals surface area contributed by atoms with E-state index in [0.29, 0.717) is 4.99 Å². The Morgan fingerprint density at radius 2 is 1.74 bits per heavy atom. The molecular weight excluding hydrogens is 272 g/mol. The summed E-state index contributed by atoms with van der Waals surface area (Å²) >= 11 is 7.07. The van der Waals surface area contributed by atoms with E-state index < -0.39 is 0 Å². The molecule has 2 rings (SSSR count). The zero-order chi connectivity index (χ0) is 13.7. The molecule has 4 heteroatoms. The van der Waals surface area contributed by atoms with Crippen LogP contribution in [-0.2, 0) is 0 Å². The first-order chi connectivity index (χ1) is 9.22. The van der Waals surface area contributed by atoms with Gasteiger partial charge in [-0.15, -0.1) is 11.8 Å². The first kappa shape index (κ1) is 14.8. The van der Waals surface area contributed by atoms with Crippen LogP contribution in [0.1, 0.15) is 37.3 Å². The molecule has 1 aromatic rings. The molecule has 0 amide bonds. The van der Waals surface area contributed by atoms with E-state index in [1.807, 2.05) is 0 Å². The van der Waals surface area contributed by atoms with E-state index in [9.17, 15) is 0 Å². The van der Waals surface area contributed by atoms with Gasteiger partial charge in [-0.2, -0.15) is 0 Å². The van der Waals surface area contributed by atoms with Gasteiger partial charge < -0.3 is 5.73 Å². The van der Waals surface area contributed by atoms with Crippen LogP contribution in [0.3, 0.4) is 0 Å². The summed E-state index contributed by atoms with van der Waals surface area (Å²) in [7, 11) is 0. The Bertz CT molecular complexity index is 409. The lowest BCUT2D eigenvalue weighted by atomic mass is 10.0. The second-order valence-corrected chi connectivity index (χ2v) is 6.38. The topological polar surface area (TPSA) is 29.3 Å². The van der Waals surface area contributed by atoms with Gasteiger partial charge in [-0.3, -0.25) is 4.90 Å². The molecule has 19 heavy (non-hydrogen) atoms. The van der Waals surface area contributed by atoms with Crippen LogP contribution >= 0.6 is 24.0 Å². The van der Waals surface area contributed by atoms with Crippen molar-refractivity contribution in [1.29, 1.82) is 0 Å². The molecule has 1 heterocycles. The lowest BCUT2D eigenvalue weighted by Crippen LogP contribution is -2.37. The molecule has 104 valence electrons. The van der Waals surface area contributed by atoms with E-state index in [2.05, 4.69) is 35.4 Å². The highest BCUT2D eigenvalue weighted by molar-refractivity contribution is 7.98. The van der Waals surface area contributed by atoms with Gasteiger partial charge in [-0.25, -0.2) is 0 Å². The molecule has 0 aromatic heterocycles. The minimum Gasteiger partial charge on any atom is -0.392 e. The number of hydrogen-bond acceptors (Lipinski definition) is 3. The van der Waals surface area contributed by atoms with Crippen LogP contribution in [0.15, 0.2) is 29.2 Å². The van der Waals surface area contributed by atoms with Gasteiger partial charge in [-0.05, 0) is 49.9 Å². The zero-order valence-corrected chi connectivity index (χ0v) is 13.1. The smallest absolute Gasteiger partial charge is 0.0948 e. The molecule has 0 saturated carbocycles. The van der Waals surface area contributed by atoms with Gasteiger partial charge in [-0.1, -0.05) is 37.2 Å². The molecule has 1 aliphatic heterocycles. The third-order valence-corrected chi connectivity index (χ3v) is 4.67. The van der Waals surface area contributed by atoms with E-state index in [1.54, 1.807) is 11.8 Å². The molecular formula is C15H22N2S2. The normalized spacial score (nSPS) is 18.8. The van der Waals surface area contributed by atoms with Crippen molar-refractivity contribution in [2.24, 2.45) is 5.73 Å². The fraction of sp³-hybridized carbons (Fsp3) is 0.533. The second-order valence-electron chi connectivity index (χ2n) is 5.03. The third-order valence-electron chi connectivity index (χ3n) is 3.71. The largest absolute Gasteiger partial charge is 0.392 e. The maximum atomic E-state index is 6.01. The fourth-order valence-corrected chi connectivity index (χ4v) is 3.39. The van der Waals surface area contributed by atoms with Crippen molar-refractivity contribution >= 4 is 29.0 Å². The summed E-state index contributed by atoms with van der Waals surface area (Å²) in [5.74, 6) is 0. The highest BCUT2D eigenvalue weighted by Gasteiger charge is 2.23. The quantitative estimate of drug-likeness (QED) is 0.678. The van der Waals surface area contributed by atoms with Crippen LogP contribution in [0.25, 0.3) is 0 Å². The molecule has 1 atom stereocenters. The van der Waals surface area contributed by atoms with Gasteiger partial charge in [0, 0.05) is 4.90 Å². The Morgan fingerprint density at radius 3 is 2.21 bits per heavy atom. The van der Waals surface area contributed by atoms with Crippen molar-refractivity contribution in [2.45, 2.75) is 36.6 Å². The van der Waals surface area contributed by atoms with Crippen molar-refractivity contribution in [1.82, 2.24) is 4.90 Å². The number of hydrogen-bond donors (Lipinski definition) is 1. The molecule has 1 fully saturated rings. The van der Waals surface area contributed by atoms with Crippen molar-refractivity contribution in [2.75, 3.05) is 19.3 Å². The lowest BCUT2D eigenvalue weighted by molar-refractivity contribution is 0.254. The molecule has 2 nitrogen and oxygen atoms in total. The van der Waals surface area contributed by atoms with Crippen molar-refractivity contribution in [3.63, 3.8) is 0 Å². The minimum atomic E-state index is 0.101. The molecule has 1 saturated heterocycles. The van der Waals surface area contributed by atoms with Crippen LogP contribution in [0.4, 0.5) is 0 Å². The summed E-state index contributed by atoms with van der Waals surface area (Å²) in [6.45, 7) is 2.21. The standard InChI is InChI=1S/C15H22N2S2/c1-19-13-8-6-12(7-9-13)14(15(16)18)17-10-4-2-3-5-11-17/h6-9,14H,2-5,10-11H2,1H3,(H2,16,18). The second kappa shape index (κ2) is 7.27. The molecule has 0 bridgehead atoms. The highest BCUT2D eigenvalue weighted by Crippen LogP contribution is 2.26. The van der Waals surface area contributed by atoms with Crippen LogP contribution in [0.5, 0.6) is 0 Å². The number of nitrogens with two attached hydrogens (primary N) is 1. The zero-order valence-electron chi connectivity index (χ0n) is 11.5. The predicted molar refractivity (Wildman–Crippen MR) is 87.8 cm³/mol. The third kappa shape index (κ3) is 3.94. The summed E-state index contributed by atoms with van der Waals surface area (Å²) < 4.78 is 0. The summed E-state index contributed by atoms with van der Waals surface area (Å²) in [5.41, 5.74) is 7.23. The molecule has 1 aromatic carbocycles. The van der Waals surface area contributed by atoms with Crippen molar-refractivity contribution in [3.8, 4) is 0 Å². The molecule has 1 aliphatic rings. The maximum absolute atomic E-state index is 6.01. The van der Waals surface area contributed by atoms with Crippen LogP contribution in [-0.4, -0.2) is 29.2 Å². The number of likely N-dealkylation sites (tertiary alicyclic amines) is 1. The van der Waals surface area contributed by atoms with E-state index >= 15 is 0 Å². The number of thiocarbonyl (C=S) groups is 1. The van der Waals surface area contributed by atoms with E-state index in [0.717, 1.165) is 13.1 Å². The Hall–Kier alpha value is -0.580. The average Bonchev–Trinajstić information content (AvgIpc) is 2.68. The maximum Gasteiger partial charge on any atom is 0.0948 e. The first-order valence-corrected chi connectivity index (χ1v) is 8.53. The Kier molecular flexibility index (Phi) is 5.67. The Labute approximate surface area is 125 Å². The minimum absolute atomic E-state index is 0.101. The van der Waals surface area contributed by atoms with Gasteiger partial charge in [0.25, 0.3) is 0 Å². The fourth-order valence-electron chi connectivity index (χ4n) is 2.69. The lowest BCUT2D eigenvalue weighted by Gasteiger charge is -2.30. The SMILES string of the molecule is CSc1ccc(C(C(N)=S)N2CCCCCC2)cc1. The van der Waals surface area contributed by atoms with Gasteiger partial charge in [0.15, 0.2) is 0 Å². The number of benzene rings is 1. The molecule has 0 radical (unpaired) electrons. The summed E-state index contributed by atoms with van der Waals surface area (Å²) in [6, 6.07) is 8.75. The summed E-state index contributed by atoms with van der Waals surface area (Å²) in [5, 5.41) is 0. The van der Waals surface area contributed by atoms with Crippen LogP contribution in [0.2, 0.25) is 0 Å². The summed E-state index contributed by atoms with van der Waals surface area (Å²) in [4.78, 5) is 4.32. The van der Waals surface area contributed by atoms with Gasteiger partial charge in [0.2, 0.25) is 0 Å². The monoisotopic (exact) mass is 294 g/mol. The predicted octanol–water partition coefficient (Wildman–Crippen LogP) is 3.61. The van der Waals surface area contributed by atoms with E-state index in [1.165, 1.54) is 36.1 Å². The highest BCUT2D eigenvalue weighted by atomic mass is 32.2. The Balaban J connectivity index is 2.20. The van der Waals surface area contributed by atoms with E-state index in [4.69, 9.17) is 18.0 Å². The summed E-state index contributed by atoms with van der Waals surface area (Å²) in [6.07, 6.45) is 7.25. The molecule has 1 unspecified atom stereocenters. The van der Waals surface area contributed by atoms with Gasteiger partial charge >= 0.3 is 0 Å². The number of nitrogens with zero attached hydrogens (tertiary/aromatic N) is 1. The first-order valence-electron chi connectivity index (χ1n) is 6.89. The number of rotatable bonds is 4. The Morgan fingerprint density at radius 1 is 1.16 bits per heavy atom.